The van der Waals surface area contributed by atoms with Gasteiger partial charge in [-0.25, -0.2) is 9.78 Å². The number of carbonyl (C=O) groups excluding carboxylic acids is 1. The first-order valence-electron chi connectivity index (χ1n) is 8.22. The van der Waals surface area contributed by atoms with Crippen molar-refractivity contribution in [3.63, 3.8) is 0 Å². The lowest BCUT2D eigenvalue weighted by Crippen LogP contribution is -2.18. The molecule has 2 heterocycles. The van der Waals surface area contributed by atoms with Gasteiger partial charge < -0.3 is 25.4 Å². The summed E-state index contributed by atoms with van der Waals surface area (Å²) in [4.78, 5) is 46.0. The Bertz CT molecular complexity index is 1150. The number of carboxylic acids is 1. The quantitative estimate of drug-likeness (QED) is 0.479. The maximum Gasteiger partial charge on any atom is 0.339 e. The summed E-state index contributed by atoms with van der Waals surface area (Å²) >= 11 is 1.09. The zero-order valence-corrected chi connectivity index (χ0v) is 16.2. The molecule has 0 radical (unpaired) electrons. The predicted molar refractivity (Wildman–Crippen MR) is 105 cm³/mol. The predicted octanol–water partition coefficient (Wildman–Crippen LogP) is 2.01. The summed E-state index contributed by atoms with van der Waals surface area (Å²) in [5, 5.41) is 21.6. The summed E-state index contributed by atoms with van der Waals surface area (Å²) in [6.07, 6.45) is 0. The van der Waals surface area contributed by atoms with Gasteiger partial charge in [0.25, 0.3) is 11.5 Å². The third-order valence-electron chi connectivity index (χ3n) is 4.01. The molecular weight excluding hydrogens is 384 g/mol. The number of thiophene rings is 1. The lowest BCUT2D eigenvalue weighted by atomic mass is 10.1. The Morgan fingerprint density at radius 3 is 2.68 bits per heavy atom. The highest BCUT2D eigenvalue weighted by molar-refractivity contribution is 7.20. The molecule has 146 valence electrons. The minimum absolute atomic E-state index is 0.215. The van der Waals surface area contributed by atoms with Crippen molar-refractivity contribution in [1.29, 1.82) is 0 Å². The van der Waals surface area contributed by atoms with Crippen LogP contribution in [0.1, 0.15) is 31.4 Å². The molecule has 2 aromatic heterocycles. The van der Waals surface area contributed by atoms with Crippen LogP contribution in [0, 0.1) is 6.92 Å². The monoisotopic (exact) mass is 402 g/mol. The Morgan fingerprint density at radius 2 is 2.04 bits per heavy atom. The Balaban J connectivity index is 1.97. The molecule has 0 fully saturated rings. The number of hydrogen-bond acceptors (Lipinski definition) is 7. The van der Waals surface area contributed by atoms with Gasteiger partial charge in [-0.3, -0.25) is 9.59 Å². The number of aromatic hydroxyl groups is 1. The van der Waals surface area contributed by atoms with Crippen LogP contribution in [0.4, 0.5) is 5.69 Å². The number of aromatic nitrogens is 2. The summed E-state index contributed by atoms with van der Waals surface area (Å²) in [5.41, 5.74) is 0.0804. The Morgan fingerprint density at radius 1 is 1.32 bits per heavy atom. The van der Waals surface area contributed by atoms with E-state index in [-0.39, 0.29) is 16.8 Å². The molecule has 10 heteroatoms. The van der Waals surface area contributed by atoms with Crippen LogP contribution in [0.25, 0.3) is 10.2 Å². The number of rotatable bonds is 5. The van der Waals surface area contributed by atoms with Gasteiger partial charge in [0.1, 0.15) is 22.0 Å². The van der Waals surface area contributed by atoms with E-state index < -0.39 is 17.6 Å². The number of phenols is 1. The Labute approximate surface area is 163 Å². The largest absolute Gasteiger partial charge is 0.507 e. The number of hydrogen-bond donors (Lipinski definition) is 4. The summed E-state index contributed by atoms with van der Waals surface area (Å²) < 4.78 is 0. The zero-order chi connectivity index (χ0) is 20.6. The lowest BCUT2D eigenvalue weighted by molar-refractivity contribution is 0.0693. The van der Waals surface area contributed by atoms with Gasteiger partial charge in [0.2, 0.25) is 0 Å². The average Bonchev–Trinajstić information content (AvgIpc) is 2.93. The third kappa shape index (κ3) is 3.73. The van der Waals surface area contributed by atoms with Gasteiger partial charge in [0, 0.05) is 5.69 Å². The van der Waals surface area contributed by atoms with Crippen LogP contribution in [-0.4, -0.2) is 51.1 Å². The standard InChI is InChI=1S/C18H18N4O5S/c1-8-13-15(24)20-12(7-22(2)3)21-17(13)28-14(8)16(25)19-9-4-5-11(23)10(6-9)18(26)27/h4-6,23H,7H2,1-3H3,(H,19,25)(H,26,27)(H,20,21,24). The van der Waals surface area contributed by atoms with Crippen molar-refractivity contribution in [2.24, 2.45) is 0 Å². The summed E-state index contributed by atoms with van der Waals surface area (Å²) in [6.45, 7) is 2.12. The van der Waals surface area contributed by atoms with Crippen LogP contribution in [0.5, 0.6) is 5.75 Å². The van der Waals surface area contributed by atoms with Crippen molar-refractivity contribution < 1.29 is 19.8 Å². The molecule has 1 amide bonds. The van der Waals surface area contributed by atoms with Gasteiger partial charge in [-0.2, -0.15) is 0 Å². The molecule has 0 bridgehead atoms. The molecule has 0 aliphatic heterocycles. The number of carboxylic acid groups (broad SMARTS) is 1. The second-order valence-electron chi connectivity index (χ2n) is 6.48. The fourth-order valence-corrected chi connectivity index (χ4v) is 3.85. The number of nitrogens with zero attached hydrogens (tertiary/aromatic N) is 2. The molecule has 28 heavy (non-hydrogen) atoms. The second-order valence-corrected chi connectivity index (χ2v) is 7.48. The van der Waals surface area contributed by atoms with E-state index in [2.05, 4.69) is 15.3 Å². The fraction of sp³-hybridized carbons (Fsp3) is 0.222. The zero-order valence-electron chi connectivity index (χ0n) is 15.4. The molecule has 0 saturated carbocycles. The topological polar surface area (TPSA) is 136 Å². The van der Waals surface area contributed by atoms with E-state index in [0.717, 1.165) is 11.3 Å². The van der Waals surface area contributed by atoms with Crippen LogP contribution < -0.4 is 10.9 Å². The molecule has 1 aromatic carbocycles. The number of benzene rings is 1. The first-order valence-corrected chi connectivity index (χ1v) is 9.03. The van der Waals surface area contributed by atoms with Crippen molar-refractivity contribution in [1.82, 2.24) is 14.9 Å². The number of H-pyrrole nitrogens is 1. The first kappa shape index (κ1) is 19.5. The average molecular weight is 402 g/mol. The van der Waals surface area contributed by atoms with E-state index in [1.807, 2.05) is 19.0 Å². The molecule has 3 aromatic rings. The molecular formula is C18H18N4O5S. The van der Waals surface area contributed by atoms with Crippen molar-refractivity contribution in [3.8, 4) is 5.75 Å². The maximum atomic E-state index is 12.7. The molecule has 0 aliphatic carbocycles. The molecule has 0 spiro atoms. The van der Waals surface area contributed by atoms with Crippen molar-refractivity contribution in [2.45, 2.75) is 13.5 Å². The minimum Gasteiger partial charge on any atom is -0.507 e. The number of nitrogens with one attached hydrogen (secondary N) is 2. The minimum atomic E-state index is -1.31. The highest BCUT2D eigenvalue weighted by atomic mass is 32.1. The normalized spacial score (nSPS) is 11.1. The fourth-order valence-electron chi connectivity index (χ4n) is 2.75. The SMILES string of the molecule is Cc1c(C(=O)Nc2ccc(O)c(C(=O)O)c2)sc2nc(CN(C)C)[nH]c(=O)c12. The number of fused-ring (bicyclic) bond motifs is 1. The summed E-state index contributed by atoms with van der Waals surface area (Å²) in [7, 11) is 3.71. The second kappa shape index (κ2) is 7.41. The first-order chi connectivity index (χ1) is 13.2. The van der Waals surface area contributed by atoms with Gasteiger partial charge in [0.15, 0.2) is 0 Å². The van der Waals surface area contributed by atoms with Crippen LogP contribution >= 0.6 is 11.3 Å². The van der Waals surface area contributed by atoms with E-state index in [1.165, 1.54) is 18.2 Å². The molecule has 0 saturated heterocycles. The third-order valence-corrected chi connectivity index (χ3v) is 5.19. The van der Waals surface area contributed by atoms with E-state index in [0.29, 0.717) is 33.0 Å². The van der Waals surface area contributed by atoms with Crippen molar-refractivity contribution in [3.05, 3.63) is 50.4 Å². The van der Waals surface area contributed by atoms with Crippen molar-refractivity contribution >= 4 is 39.1 Å². The van der Waals surface area contributed by atoms with Gasteiger partial charge in [-0.1, -0.05) is 0 Å². The van der Waals surface area contributed by atoms with Crippen LogP contribution in [0.3, 0.4) is 0 Å². The summed E-state index contributed by atoms with van der Waals surface area (Å²) in [6, 6.07) is 3.75. The lowest BCUT2D eigenvalue weighted by Gasteiger charge is -2.07. The van der Waals surface area contributed by atoms with Gasteiger partial charge >= 0.3 is 5.97 Å². The molecule has 3 rings (SSSR count). The number of aromatic amines is 1. The maximum absolute atomic E-state index is 12.7. The molecule has 9 nitrogen and oxygen atoms in total. The highest BCUT2D eigenvalue weighted by Gasteiger charge is 2.20. The number of carbonyl (C=O) groups is 2. The van der Waals surface area contributed by atoms with Gasteiger partial charge in [-0.15, -0.1) is 11.3 Å². The van der Waals surface area contributed by atoms with Gasteiger partial charge in [0.05, 0.1) is 16.8 Å². The number of aryl methyl sites for hydroxylation is 1. The van der Waals surface area contributed by atoms with E-state index >= 15 is 0 Å². The van der Waals surface area contributed by atoms with Crippen LogP contribution in [0.15, 0.2) is 23.0 Å². The van der Waals surface area contributed by atoms with E-state index in [4.69, 9.17) is 5.11 Å². The molecule has 4 N–H and O–H groups in total. The van der Waals surface area contributed by atoms with Crippen molar-refractivity contribution in [2.75, 3.05) is 19.4 Å². The Kier molecular flexibility index (Phi) is 5.16. The smallest absolute Gasteiger partial charge is 0.339 e. The van der Waals surface area contributed by atoms with Crippen LogP contribution in [-0.2, 0) is 6.54 Å². The van der Waals surface area contributed by atoms with E-state index in [1.54, 1.807) is 6.92 Å². The number of amides is 1. The molecule has 0 aliphatic rings. The van der Waals surface area contributed by atoms with E-state index in [9.17, 15) is 19.5 Å². The number of anilines is 1. The molecule has 0 atom stereocenters. The van der Waals surface area contributed by atoms with Crippen LogP contribution in [0.2, 0.25) is 0 Å². The Hall–Kier alpha value is -3.24. The highest BCUT2D eigenvalue weighted by Crippen LogP contribution is 2.28. The number of aromatic carboxylic acids is 1. The van der Waals surface area contributed by atoms with Gasteiger partial charge in [-0.05, 0) is 44.8 Å². The molecule has 0 unspecified atom stereocenters. The summed E-state index contributed by atoms with van der Waals surface area (Å²) in [5.74, 6) is -1.69.